The molecule has 2 aromatic rings. The lowest BCUT2D eigenvalue weighted by Gasteiger charge is -2.11. The molecule has 1 aromatic carbocycles. The molecule has 9 heteroatoms. The second-order valence-corrected chi connectivity index (χ2v) is 6.77. The Labute approximate surface area is 147 Å². The summed E-state index contributed by atoms with van der Waals surface area (Å²) in [7, 11) is 0. The number of primary amides is 1. The Hall–Kier alpha value is -2.94. The number of carbonyl (C=O) groups is 2. The molecule has 3 rings (SSSR count). The van der Waals surface area contributed by atoms with Crippen LogP contribution in [-0.4, -0.2) is 16.9 Å². The maximum absolute atomic E-state index is 12.2. The zero-order chi connectivity index (χ0) is 18.0. The summed E-state index contributed by atoms with van der Waals surface area (Å²) in [6.45, 7) is 0. The summed E-state index contributed by atoms with van der Waals surface area (Å²) in [6, 6.07) is 5.03. The van der Waals surface area contributed by atoms with Gasteiger partial charge in [0.05, 0.1) is 10.5 Å². The van der Waals surface area contributed by atoms with Crippen LogP contribution in [0.1, 0.15) is 33.6 Å². The zero-order valence-corrected chi connectivity index (χ0v) is 14.0. The molecule has 0 atom stereocenters. The van der Waals surface area contributed by atoms with Gasteiger partial charge in [-0.15, -0.1) is 11.3 Å². The number of benzene rings is 1. The first-order valence-electron chi connectivity index (χ1n) is 7.72. The van der Waals surface area contributed by atoms with E-state index in [-0.39, 0.29) is 11.4 Å². The van der Waals surface area contributed by atoms with Crippen LogP contribution in [0.15, 0.2) is 24.3 Å². The number of nitrogens with one attached hydrogen (secondary N) is 2. The molecular formula is C16H16N4O4S. The molecule has 130 valence electrons. The summed E-state index contributed by atoms with van der Waals surface area (Å²) in [5, 5.41) is 16.4. The highest BCUT2D eigenvalue weighted by Gasteiger charge is 2.25. The Kier molecular flexibility index (Phi) is 4.66. The van der Waals surface area contributed by atoms with Gasteiger partial charge in [-0.2, -0.15) is 0 Å². The van der Waals surface area contributed by atoms with Crippen molar-refractivity contribution in [3.63, 3.8) is 0 Å². The number of non-ortho nitro benzene ring substituents is 1. The van der Waals surface area contributed by atoms with E-state index < -0.39 is 16.9 Å². The van der Waals surface area contributed by atoms with Crippen LogP contribution in [-0.2, 0) is 12.8 Å². The van der Waals surface area contributed by atoms with Gasteiger partial charge in [0.2, 0.25) is 0 Å². The average Bonchev–Trinajstić information content (AvgIpc) is 2.92. The lowest BCUT2D eigenvalue weighted by atomic mass is 9.95. The summed E-state index contributed by atoms with van der Waals surface area (Å²) >= 11 is 1.36. The van der Waals surface area contributed by atoms with Crippen molar-refractivity contribution in [3.05, 3.63) is 50.4 Å². The van der Waals surface area contributed by atoms with Crippen molar-refractivity contribution in [2.45, 2.75) is 25.7 Å². The lowest BCUT2D eigenvalue weighted by molar-refractivity contribution is -0.384. The fourth-order valence-corrected chi connectivity index (χ4v) is 4.17. The van der Waals surface area contributed by atoms with Crippen LogP contribution >= 0.6 is 11.3 Å². The number of anilines is 2. The molecule has 25 heavy (non-hydrogen) atoms. The second-order valence-electron chi connectivity index (χ2n) is 5.67. The van der Waals surface area contributed by atoms with Crippen LogP contribution in [0.2, 0.25) is 0 Å². The van der Waals surface area contributed by atoms with Crippen LogP contribution in [0.3, 0.4) is 0 Å². The highest BCUT2D eigenvalue weighted by molar-refractivity contribution is 7.17. The SMILES string of the molecule is NC(=O)c1c(NC(=O)Nc2cccc([N+](=O)[O-])c2)sc2c1CCCC2. The van der Waals surface area contributed by atoms with Crippen molar-refractivity contribution >= 4 is 39.7 Å². The molecule has 0 saturated carbocycles. The van der Waals surface area contributed by atoms with E-state index in [2.05, 4.69) is 10.6 Å². The fourth-order valence-electron chi connectivity index (χ4n) is 2.88. The highest BCUT2D eigenvalue weighted by Crippen LogP contribution is 2.37. The number of hydrogen-bond donors (Lipinski definition) is 3. The van der Waals surface area contributed by atoms with E-state index in [1.807, 2.05) is 0 Å². The fraction of sp³-hybridized carbons (Fsp3) is 0.250. The van der Waals surface area contributed by atoms with Crippen LogP contribution in [0.25, 0.3) is 0 Å². The van der Waals surface area contributed by atoms with Crippen molar-refractivity contribution < 1.29 is 14.5 Å². The van der Waals surface area contributed by atoms with E-state index in [4.69, 9.17) is 5.73 Å². The number of nitro benzene ring substituents is 1. The Bertz CT molecular complexity index is 862. The Morgan fingerprint density at radius 3 is 2.68 bits per heavy atom. The van der Waals surface area contributed by atoms with E-state index in [1.165, 1.54) is 29.5 Å². The van der Waals surface area contributed by atoms with E-state index in [0.29, 0.717) is 10.6 Å². The Morgan fingerprint density at radius 1 is 1.20 bits per heavy atom. The predicted octanol–water partition coefficient (Wildman–Crippen LogP) is 3.28. The van der Waals surface area contributed by atoms with Crippen LogP contribution < -0.4 is 16.4 Å². The number of urea groups is 1. The minimum absolute atomic E-state index is 0.123. The zero-order valence-electron chi connectivity index (χ0n) is 13.2. The van der Waals surface area contributed by atoms with Gasteiger partial charge >= 0.3 is 6.03 Å². The number of aryl methyl sites for hydroxylation is 1. The molecule has 1 heterocycles. The Balaban J connectivity index is 1.79. The monoisotopic (exact) mass is 360 g/mol. The first-order valence-corrected chi connectivity index (χ1v) is 8.54. The summed E-state index contributed by atoms with van der Waals surface area (Å²) in [5.41, 5.74) is 6.94. The predicted molar refractivity (Wildman–Crippen MR) is 95.2 cm³/mol. The number of nitrogens with zero attached hydrogens (tertiary/aromatic N) is 1. The molecule has 0 saturated heterocycles. The van der Waals surface area contributed by atoms with E-state index >= 15 is 0 Å². The Morgan fingerprint density at radius 2 is 1.96 bits per heavy atom. The third kappa shape index (κ3) is 3.61. The third-order valence-electron chi connectivity index (χ3n) is 3.96. The largest absolute Gasteiger partial charge is 0.365 e. The molecule has 4 N–H and O–H groups in total. The van der Waals surface area contributed by atoms with Crippen molar-refractivity contribution in [2.24, 2.45) is 5.73 Å². The topological polar surface area (TPSA) is 127 Å². The summed E-state index contributed by atoms with van der Waals surface area (Å²) < 4.78 is 0. The second kappa shape index (κ2) is 6.89. The molecule has 0 spiro atoms. The molecule has 0 fully saturated rings. The van der Waals surface area contributed by atoms with Gasteiger partial charge in [-0.3, -0.25) is 20.2 Å². The van der Waals surface area contributed by atoms with Crippen molar-refractivity contribution in [2.75, 3.05) is 10.6 Å². The van der Waals surface area contributed by atoms with E-state index in [9.17, 15) is 19.7 Å². The third-order valence-corrected chi connectivity index (χ3v) is 5.17. The van der Waals surface area contributed by atoms with Gasteiger partial charge in [0.1, 0.15) is 5.00 Å². The molecular weight excluding hydrogens is 344 g/mol. The quantitative estimate of drug-likeness (QED) is 0.571. The van der Waals surface area contributed by atoms with E-state index in [0.717, 1.165) is 36.1 Å². The number of carbonyl (C=O) groups excluding carboxylic acids is 2. The number of thiophene rings is 1. The van der Waals surface area contributed by atoms with Gasteiger partial charge < -0.3 is 11.1 Å². The van der Waals surface area contributed by atoms with Crippen molar-refractivity contribution in [1.29, 1.82) is 0 Å². The van der Waals surface area contributed by atoms with Crippen molar-refractivity contribution in [3.8, 4) is 0 Å². The van der Waals surface area contributed by atoms with Gasteiger partial charge in [-0.05, 0) is 37.3 Å². The first-order chi connectivity index (χ1) is 12.0. The van der Waals surface area contributed by atoms with Gasteiger partial charge in [-0.1, -0.05) is 6.07 Å². The lowest BCUT2D eigenvalue weighted by Crippen LogP contribution is -2.22. The van der Waals surface area contributed by atoms with Crippen molar-refractivity contribution in [1.82, 2.24) is 0 Å². The van der Waals surface area contributed by atoms with Crippen LogP contribution in [0.4, 0.5) is 21.2 Å². The number of nitro groups is 1. The van der Waals surface area contributed by atoms with Gasteiger partial charge in [-0.25, -0.2) is 4.79 Å². The molecule has 0 bridgehead atoms. The summed E-state index contributed by atoms with van der Waals surface area (Å²) in [5.74, 6) is -0.565. The molecule has 0 aliphatic heterocycles. The number of rotatable bonds is 4. The minimum atomic E-state index is -0.582. The molecule has 1 aromatic heterocycles. The van der Waals surface area contributed by atoms with Crippen LogP contribution in [0.5, 0.6) is 0 Å². The maximum atomic E-state index is 12.2. The maximum Gasteiger partial charge on any atom is 0.324 e. The normalized spacial score (nSPS) is 13.0. The molecule has 8 nitrogen and oxygen atoms in total. The van der Waals surface area contributed by atoms with E-state index in [1.54, 1.807) is 6.07 Å². The van der Waals surface area contributed by atoms with Gasteiger partial charge in [0, 0.05) is 22.7 Å². The number of fused-ring (bicyclic) bond motifs is 1. The van der Waals surface area contributed by atoms with Crippen LogP contribution in [0, 0.1) is 10.1 Å². The van der Waals surface area contributed by atoms with Gasteiger partial charge in [0.25, 0.3) is 11.6 Å². The average molecular weight is 360 g/mol. The molecule has 0 radical (unpaired) electrons. The number of hydrogen-bond acceptors (Lipinski definition) is 5. The minimum Gasteiger partial charge on any atom is -0.365 e. The number of amides is 3. The smallest absolute Gasteiger partial charge is 0.324 e. The standard InChI is InChI=1S/C16H16N4O4S/c17-14(21)13-11-6-1-2-7-12(11)25-15(13)19-16(22)18-9-4-3-5-10(8-9)20(23)24/h3-5,8H,1-2,6-7H2,(H2,17,21)(H2,18,19,22). The summed E-state index contributed by atoms with van der Waals surface area (Å²) in [6.07, 6.45) is 3.68. The first kappa shape index (κ1) is 16.9. The number of nitrogens with two attached hydrogens (primary N) is 1. The molecule has 1 aliphatic rings. The van der Waals surface area contributed by atoms with Gasteiger partial charge in [0.15, 0.2) is 0 Å². The highest BCUT2D eigenvalue weighted by atomic mass is 32.1. The summed E-state index contributed by atoms with van der Waals surface area (Å²) in [4.78, 5) is 35.3. The molecule has 3 amide bonds. The molecule has 0 unspecified atom stereocenters. The molecule has 1 aliphatic carbocycles.